The first-order valence-corrected chi connectivity index (χ1v) is 10.0. The smallest absolute Gasteiger partial charge is 0.225 e. The number of likely N-dealkylation sites (tertiary alicyclic amines) is 1. The van der Waals surface area contributed by atoms with E-state index in [2.05, 4.69) is 10.3 Å². The van der Waals surface area contributed by atoms with Gasteiger partial charge in [-0.3, -0.25) is 9.59 Å². The lowest BCUT2D eigenvalue weighted by Crippen LogP contribution is -2.46. The lowest BCUT2D eigenvalue weighted by Gasteiger charge is -2.33. The molecule has 1 aromatic heterocycles. The van der Waals surface area contributed by atoms with Gasteiger partial charge in [0.2, 0.25) is 11.8 Å². The Hall–Kier alpha value is -1.43. The Bertz CT molecular complexity index is 636. The molecular formula is C18H25N3O2S. The Kier molecular flexibility index (Phi) is 4.33. The molecule has 0 radical (unpaired) electrons. The van der Waals surface area contributed by atoms with E-state index in [4.69, 9.17) is 0 Å². The van der Waals surface area contributed by atoms with E-state index in [-0.39, 0.29) is 29.7 Å². The topological polar surface area (TPSA) is 62.3 Å². The highest BCUT2D eigenvalue weighted by Gasteiger charge is 2.39. The summed E-state index contributed by atoms with van der Waals surface area (Å²) in [5, 5.41) is 6.34. The number of rotatable bonds is 5. The summed E-state index contributed by atoms with van der Waals surface area (Å²) < 4.78 is 0. The van der Waals surface area contributed by atoms with Crippen molar-refractivity contribution in [3.8, 4) is 0 Å². The van der Waals surface area contributed by atoms with E-state index in [9.17, 15) is 9.59 Å². The molecule has 3 aliphatic rings. The SMILES string of the molecule is Cc1csc(C(NC(=O)C2CCCN(C(=O)C3CC3)C2)C2CC2)n1. The van der Waals surface area contributed by atoms with Crippen LogP contribution in [0.15, 0.2) is 5.38 Å². The maximum atomic E-state index is 12.8. The molecule has 2 amide bonds. The fourth-order valence-corrected chi connectivity index (χ4v) is 4.52. The maximum Gasteiger partial charge on any atom is 0.225 e. The van der Waals surface area contributed by atoms with E-state index in [0.29, 0.717) is 12.5 Å². The van der Waals surface area contributed by atoms with Crippen molar-refractivity contribution in [3.63, 3.8) is 0 Å². The molecule has 1 aromatic rings. The molecule has 0 spiro atoms. The summed E-state index contributed by atoms with van der Waals surface area (Å²) in [5.74, 6) is 1.08. The molecule has 2 saturated carbocycles. The van der Waals surface area contributed by atoms with Crippen LogP contribution in [0.4, 0.5) is 0 Å². The molecule has 4 rings (SSSR count). The van der Waals surface area contributed by atoms with Crippen LogP contribution in [0, 0.1) is 24.7 Å². The summed E-state index contributed by atoms with van der Waals surface area (Å²) >= 11 is 1.64. The van der Waals surface area contributed by atoms with Crippen molar-refractivity contribution in [2.24, 2.45) is 17.8 Å². The van der Waals surface area contributed by atoms with Gasteiger partial charge in [-0.2, -0.15) is 0 Å². The zero-order valence-electron chi connectivity index (χ0n) is 14.2. The summed E-state index contributed by atoms with van der Waals surface area (Å²) in [6, 6.07) is 0.0608. The van der Waals surface area contributed by atoms with Gasteiger partial charge in [0.05, 0.1) is 12.0 Å². The summed E-state index contributed by atoms with van der Waals surface area (Å²) in [6.45, 7) is 3.40. The van der Waals surface area contributed by atoms with Gasteiger partial charge in [0.15, 0.2) is 0 Å². The zero-order valence-corrected chi connectivity index (χ0v) is 15.0. The Balaban J connectivity index is 1.39. The molecule has 130 valence electrons. The van der Waals surface area contributed by atoms with E-state index < -0.39 is 0 Å². The van der Waals surface area contributed by atoms with E-state index in [1.54, 1.807) is 11.3 Å². The molecule has 3 fully saturated rings. The van der Waals surface area contributed by atoms with E-state index in [1.807, 2.05) is 17.2 Å². The average molecular weight is 347 g/mol. The minimum atomic E-state index is -0.0660. The molecule has 6 heteroatoms. The number of amides is 2. The molecule has 0 bridgehead atoms. The third-order valence-corrected chi connectivity index (χ3v) is 6.37. The van der Waals surface area contributed by atoms with Crippen molar-refractivity contribution in [2.45, 2.75) is 51.5 Å². The van der Waals surface area contributed by atoms with Crippen LogP contribution in [-0.2, 0) is 9.59 Å². The van der Waals surface area contributed by atoms with E-state index in [0.717, 1.165) is 42.9 Å². The van der Waals surface area contributed by atoms with Crippen LogP contribution in [0.25, 0.3) is 0 Å². The quantitative estimate of drug-likeness (QED) is 0.891. The van der Waals surface area contributed by atoms with Crippen LogP contribution in [0.3, 0.4) is 0 Å². The van der Waals surface area contributed by atoms with Gasteiger partial charge in [0.25, 0.3) is 0 Å². The molecular weight excluding hydrogens is 322 g/mol. The number of carbonyl (C=O) groups excluding carboxylic acids is 2. The standard InChI is InChI=1S/C18H25N3O2S/c1-11-10-24-17(19-11)15(12-4-5-12)20-16(22)14-3-2-8-21(9-14)18(23)13-6-7-13/h10,12-15H,2-9H2,1H3,(H,20,22). The summed E-state index contributed by atoms with van der Waals surface area (Å²) in [4.78, 5) is 31.6. The molecule has 24 heavy (non-hydrogen) atoms. The fraction of sp³-hybridized carbons (Fsp3) is 0.722. The molecule has 1 N–H and O–H groups in total. The highest BCUT2D eigenvalue weighted by molar-refractivity contribution is 7.09. The number of nitrogens with zero attached hydrogens (tertiary/aromatic N) is 2. The normalized spacial score (nSPS) is 25.4. The van der Waals surface area contributed by atoms with Crippen LogP contribution < -0.4 is 5.32 Å². The molecule has 2 atom stereocenters. The van der Waals surface area contributed by atoms with Crippen molar-refractivity contribution in [1.29, 1.82) is 0 Å². The second-order valence-electron chi connectivity index (χ2n) is 7.55. The second-order valence-corrected chi connectivity index (χ2v) is 8.44. The van der Waals surface area contributed by atoms with Crippen molar-refractivity contribution in [3.05, 3.63) is 16.1 Å². The fourth-order valence-electron chi connectivity index (χ4n) is 3.58. The predicted octanol–water partition coefficient (Wildman–Crippen LogP) is 2.67. The minimum absolute atomic E-state index is 0.0608. The molecule has 2 heterocycles. The summed E-state index contributed by atoms with van der Waals surface area (Å²) in [6.07, 6.45) is 6.20. The number of piperidine rings is 1. The van der Waals surface area contributed by atoms with Gasteiger partial charge in [0, 0.05) is 30.1 Å². The highest BCUT2D eigenvalue weighted by atomic mass is 32.1. The van der Waals surface area contributed by atoms with Gasteiger partial charge in [-0.1, -0.05) is 0 Å². The van der Waals surface area contributed by atoms with Gasteiger partial charge in [-0.05, 0) is 51.4 Å². The van der Waals surface area contributed by atoms with Crippen LogP contribution in [0.2, 0.25) is 0 Å². The molecule has 1 saturated heterocycles. The van der Waals surface area contributed by atoms with Gasteiger partial charge in [-0.25, -0.2) is 4.98 Å². The van der Waals surface area contributed by atoms with Crippen LogP contribution in [-0.4, -0.2) is 34.8 Å². The van der Waals surface area contributed by atoms with Crippen molar-refractivity contribution < 1.29 is 9.59 Å². The molecule has 2 aliphatic carbocycles. The molecule has 2 unspecified atom stereocenters. The van der Waals surface area contributed by atoms with Gasteiger partial charge >= 0.3 is 0 Å². The number of carbonyl (C=O) groups is 2. The monoisotopic (exact) mass is 347 g/mol. The maximum absolute atomic E-state index is 12.8. The third kappa shape index (κ3) is 3.48. The average Bonchev–Trinajstić information content (AvgIpc) is 3.50. The third-order valence-electron chi connectivity index (χ3n) is 5.32. The van der Waals surface area contributed by atoms with Crippen molar-refractivity contribution >= 4 is 23.2 Å². The summed E-state index contributed by atoms with van der Waals surface area (Å²) in [7, 11) is 0. The Morgan fingerprint density at radius 3 is 2.67 bits per heavy atom. The lowest BCUT2D eigenvalue weighted by molar-refractivity contribution is -0.137. The zero-order chi connectivity index (χ0) is 16.7. The first-order chi connectivity index (χ1) is 11.6. The number of thiazole rings is 1. The van der Waals surface area contributed by atoms with Crippen molar-refractivity contribution in [1.82, 2.24) is 15.2 Å². The summed E-state index contributed by atoms with van der Waals surface area (Å²) in [5.41, 5.74) is 1.02. The number of aromatic nitrogens is 1. The van der Waals surface area contributed by atoms with Gasteiger partial charge < -0.3 is 10.2 Å². The Labute approximate surface area is 146 Å². The van der Waals surface area contributed by atoms with Crippen LogP contribution >= 0.6 is 11.3 Å². The second kappa shape index (κ2) is 6.47. The number of aryl methyl sites for hydroxylation is 1. The number of nitrogens with one attached hydrogen (secondary N) is 1. The first-order valence-electron chi connectivity index (χ1n) is 9.13. The Morgan fingerprint density at radius 1 is 1.25 bits per heavy atom. The number of hydrogen-bond donors (Lipinski definition) is 1. The Morgan fingerprint density at radius 2 is 2.04 bits per heavy atom. The first kappa shape index (κ1) is 16.1. The lowest BCUT2D eigenvalue weighted by atomic mass is 9.96. The minimum Gasteiger partial charge on any atom is -0.346 e. The van der Waals surface area contributed by atoms with Crippen molar-refractivity contribution in [2.75, 3.05) is 13.1 Å². The van der Waals surface area contributed by atoms with Gasteiger partial charge in [-0.15, -0.1) is 11.3 Å². The molecule has 1 aliphatic heterocycles. The van der Waals surface area contributed by atoms with E-state index in [1.165, 1.54) is 12.8 Å². The predicted molar refractivity (Wildman–Crippen MR) is 92.5 cm³/mol. The van der Waals surface area contributed by atoms with E-state index >= 15 is 0 Å². The highest BCUT2D eigenvalue weighted by Crippen LogP contribution is 2.42. The van der Waals surface area contributed by atoms with Gasteiger partial charge in [0.1, 0.15) is 5.01 Å². The molecule has 5 nitrogen and oxygen atoms in total. The molecule has 0 aromatic carbocycles. The number of hydrogen-bond acceptors (Lipinski definition) is 4. The van der Waals surface area contributed by atoms with Crippen LogP contribution in [0.1, 0.15) is 55.3 Å². The van der Waals surface area contributed by atoms with Crippen LogP contribution in [0.5, 0.6) is 0 Å². The largest absolute Gasteiger partial charge is 0.346 e.